The Hall–Kier alpha value is -2.73. The van der Waals surface area contributed by atoms with Crippen LogP contribution >= 0.6 is 11.3 Å². The van der Waals surface area contributed by atoms with Crippen LogP contribution in [0.15, 0.2) is 24.3 Å². The van der Waals surface area contributed by atoms with Crippen LogP contribution in [0.3, 0.4) is 0 Å². The van der Waals surface area contributed by atoms with Crippen molar-refractivity contribution in [1.82, 2.24) is 14.9 Å². The Bertz CT molecular complexity index is 1030. The van der Waals surface area contributed by atoms with Gasteiger partial charge in [0.25, 0.3) is 5.91 Å². The minimum absolute atomic E-state index is 0.260. The molecule has 0 radical (unpaired) electrons. The number of rotatable bonds is 4. The minimum Gasteiger partial charge on any atom is -0.379 e. The van der Waals surface area contributed by atoms with Crippen molar-refractivity contribution in [2.24, 2.45) is 0 Å². The van der Waals surface area contributed by atoms with E-state index in [1.54, 1.807) is 35.6 Å². The van der Waals surface area contributed by atoms with E-state index in [0.29, 0.717) is 36.7 Å². The Labute approximate surface area is 160 Å². The molecule has 1 aliphatic rings. The average molecular weight is 381 g/mol. The van der Waals surface area contributed by atoms with Gasteiger partial charge in [-0.15, -0.1) is 11.3 Å². The molecule has 8 heteroatoms. The lowest BCUT2D eigenvalue weighted by Gasteiger charge is -2.26. The quantitative estimate of drug-likeness (QED) is 0.725. The van der Waals surface area contributed by atoms with Crippen molar-refractivity contribution < 1.29 is 9.53 Å². The molecule has 138 valence electrons. The van der Waals surface area contributed by atoms with Crippen LogP contribution in [0.2, 0.25) is 0 Å². The molecule has 0 spiro atoms. The maximum Gasteiger partial charge on any atom is 0.272 e. The SMILES string of the molecule is Cc1nc2[nH]c(C(=O)Nc3ccccc3C#N)c(CN3CCOCC3)c2s1. The molecule has 1 aliphatic heterocycles. The number of hydrogen-bond donors (Lipinski definition) is 2. The van der Waals surface area contributed by atoms with Gasteiger partial charge in [-0.3, -0.25) is 9.69 Å². The number of ether oxygens (including phenoxy) is 1. The van der Waals surface area contributed by atoms with Gasteiger partial charge < -0.3 is 15.0 Å². The summed E-state index contributed by atoms with van der Waals surface area (Å²) >= 11 is 1.59. The zero-order valence-corrected chi connectivity index (χ0v) is 15.7. The number of nitrogens with zero attached hydrogens (tertiary/aromatic N) is 3. The van der Waals surface area contributed by atoms with Gasteiger partial charge in [0.05, 0.1) is 34.2 Å². The molecule has 1 amide bonds. The van der Waals surface area contributed by atoms with Crippen LogP contribution in [0.4, 0.5) is 5.69 Å². The molecule has 3 aromatic rings. The molecule has 2 aromatic heterocycles. The van der Waals surface area contributed by atoms with Gasteiger partial charge in [0.15, 0.2) is 0 Å². The van der Waals surface area contributed by atoms with Gasteiger partial charge in [-0.1, -0.05) is 12.1 Å². The standard InChI is InChI=1S/C19H19N5O2S/c1-12-21-18-17(27-12)14(11-24-6-8-26-9-7-24)16(23-18)19(25)22-15-5-3-2-4-13(15)10-20/h2-5,23H,6-9,11H2,1H3,(H,22,25). The first-order valence-corrected chi connectivity index (χ1v) is 9.56. The van der Waals surface area contributed by atoms with Crippen LogP contribution in [0.5, 0.6) is 0 Å². The fraction of sp³-hybridized carbons (Fsp3) is 0.316. The van der Waals surface area contributed by atoms with Gasteiger partial charge in [0.1, 0.15) is 17.4 Å². The Morgan fingerprint density at radius 1 is 1.41 bits per heavy atom. The van der Waals surface area contributed by atoms with Crippen molar-refractivity contribution in [3.8, 4) is 6.07 Å². The highest BCUT2D eigenvalue weighted by Crippen LogP contribution is 2.30. The lowest BCUT2D eigenvalue weighted by Crippen LogP contribution is -2.36. The number of thiazole rings is 1. The summed E-state index contributed by atoms with van der Waals surface area (Å²) < 4.78 is 6.44. The number of aromatic amines is 1. The predicted octanol–water partition coefficient (Wildman–Crippen LogP) is 2.89. The topological polar surface area (TPSA) is 94.0 Å². The van der Waals surface area contributed by atoms with Crippen molar-refractivity contribution >= 4 is 33.3 Å². The van der Waals surface area contributed by atoms with E-state index in [2.05, 4.69) is 26.3 Å². The van der Waals surface area contributed by atoms with Crippen molar-refractivity contribution in [1.29, 1.82) is 5.26 Å². The number of morpholine rings is 1. The van der Waals surface area contributed by atoms with Gasteiger partial charge in [-0.25, -0.2) is 4.98 Å². The van der Waals surface area contributed by atoms with Crippen LogP contribution < -0.4 is 5.32 Å². The normalized spacial score (nSPS) is 15.0. The number of benzene rings is 1. The molecule has 0 bridgehead atoms. The largest absolute Gasteiger partial charge is 0.379 e. The summed E-state index contributed by atoms with van der Waals surface area (Å²) in [6, 6.07) is 9.08. The molecular weight excluding hydrogens is 362 g/mol. The summed E-state index contributed by atoms with van der Waals surface area (Å²) in [4.78, 5) is 22.9. The highest BCUT2D eigenvalue weighted by Gasteiger charge is 2.23. The lowest BCUT2D eigenvalue weighted by molar-refractivity contribution is 0.0343. The molecular formula is C19H19N5O2S. The number of carbonyl (C=O) groups is 1. The zero-order chi connectivity index (χ0) is 18.8. The van der Waals surface area contributed by atoms with Crippen LogP contribution in [-0.4, -0.2) is 47.1 Å². The first-order chi connectivity index (χ1) is 13.2. The van der Waals surface area contributed by atoms with E-state index in [1.165, 1.54) is 0 Å². The molecule has 7 nitrogen and oxygen atoms in total. The molecule has 27 heavy (non-hydrogen) atoms. The first-order valence-electron chi connectivity index (χ1n) is 8.74. The summed E-state index contributed by atoms with van der Waals surface area (Å²) in [6.07, 6.45) is 0. The van der Waals surface area contributed by atoms with Crippen molar-refractivity contribution in [3.05, 3.63) is 46.1 Å². The number of para-hydroxylation sites is 1. The second kappa shape index (κ2) is 7.48. The van der Waals surface area contributed by atoms with Crippen LogP contribution in [0, 0.1) is 18.3 Å². The molecule has 0 aliphatic carbocycles. The third-order valence-electron chi connectivity index (χ3n) is 4.56. The van der Waals surface area contributed by atoms with Gasteiger partial charge in [-0.2, -0.15) is 5.26 Å². The average Bonchev–Trinajstić information content (AvgIpc) is 3.20. The summed E-state index contributed by atoms with van der Waals surface area (Å²) in [6.45, 7) is 5.69. The molecule has 2 N–H and O–H groups in total. The second-order valence-corrected chi connectivity index (χ2v) is 7.59. The number of fused-ring (bicyclic) bond motifs is 1. The molecule has 3 heterocycles. The number of hydrogen-bond acceptors (Lipinski definition) is 6. The number of nitrogens with one attached hydrogen (secondary N) is 2. The molecule has 0 atom stereocenters. The van der Waals surface area contributed by atoms with E-state index in [-0.39, 0.29) is 5.91 Å². The fourth-order valence-electron chi connectivity index (χ4n) is 3.23. The first kappa shape index (κ1) is 17.7. The Kier molecular flexibility index (Phi) is 4.90. The lowest BCUT2D eigenvalue weighted by atomic mass is 10.1. The van der Waals surface area contributed by atoms with Crippen LogP contribution in [-0.2, 0) is 11.3 Å². The highest BCUT2D eigenvalue weighted by molar-refractivity contribution is 7.18. The maximum absolute atomic E-state index is 13.0. The van der Waals surface area contributed by atoms with E-state index in [4.69, 9.17) is 4.74 Å². The molecule has 0 saturated carbocycles. The molecule has 1 fully saturated rings. The minimum atomic E-state index is -0.260. The number of anilines is 1. The smallest absolute Gasteiger partial charge is 0.272 e. The van der Waals surface area contributed by atoms with E-state index in [1.807, 2.05) is 6.92 Å². The van der Waals surface area contributed by atoms with E-state index >= 15 is 0 Å². The second-order valence-electron chi connectivity index (χ2n) is 6.39. The molecule has 0 unspecified atom stereocenters. The number of nitriles is 1. The van der Waals surface area contributed by atoms with E-state index in [0.717, 1.165) is 34.0 Å². The number of amides is 1. The van der Waals surface area contributed by atoms with Gasteiger partial charge in [0, 0.05) is 25.2 Å². The fourth-order valence-corrected chi connectivity index (χ4v) is 4.14. The summed E-state index contributed by atoms with van der Waals surface area (Å²) in [7, 11) is 0. The number of carbonyl (C=O) groups excluding carboxylic acids is 1. The highest BCUT2D eigenvalue weighted by atomic mass is 32.1. The van der Waals surface area contributed by atoms with E-state index in [9.17, 15) is 10.1 Å². The Balaban J connectivity index is 1.67. The van der Waals surface area contributed by atoms with Crippen LogP contribution in [0.25, 0.3) is 10.3 Å². The maximum atomic E-state index is 13.0. The van der Waals surface area contributed by atoms with Gasteiger partial charge in [-0.05, 0) is 19.1 Å². The monoisotopic (exact) mass is 381 g/mol. The summed E-state index contributed by atoms with van der Waals surface area (Å²) in [5.41, 5.74) is 3.12. The number of H-pyrrole nitrogens is 1. The van der Waals surface area contributed by atoms with Gasteiger partial charge >= 0.3 is 0 Å². The third-order valence-corrected chi connectivity index (χ3v) is 5.59. The van der Waals surface area contributed by atoms with Crippen molar-refractivity contribution in [3.63, 3.8) is 0 Å². The van der Waals surface area contributed by atoms with Crippen LogP contribution in [0.1, 0.15) is 26.6 Å². The summed E-state index contributed by atoms with van der Waals surface area (Å²) in [5.74, 6) is -0.260. The predicted molar refractivity (Wildman–Crippen MR) is 104 cm³/mol. The number of aryl methyl sites for hydroxylation is 1. The molecule has 1 aromatic carbocycles. The summed E-state index contributed by atoms with van der Waals surface area (Å²) in [5, 5.41) is 13.1. The van der Waals surface area contributed by atoms with Crippen molar-refractivity contribution in [2.45, 2.75) is 13.5 Å². The van der Waals surface area contributed by atoms with Gasteiger partial charge in [0.2, 0.25) is 0 Å². The Morgan fingerprint density at radius 2 is 2.19 bits per heavy atom. The number of aromatic nitrogens is 2. The molecule has 4 rings (SSSR count). The van der Waals surface area contributed by atoms with E-state index < -0.39 is 0 Å². The Morgan fingerprint density at radius 3 is 2.96 bits per heavy atom. The third kappa shape index (κ3) is 3.57. The van der Waals surface area contributed by atoms with Crippen molar-refractivity contribution in [2.75, 3.05) is 31.6 Å². The molecule has 1 saturated heterocycles. The zero-order valence-electron chi connectivity index (χ0n) is 14.9.